The number of aromatic nitrogens is 3. The molecule has 1 saturated heterocycles. The molecule has 1 aliphatic rings. The molecule has 0 saturated carbocycles. The van der Waals surface area contributed by atoms with Crippen molar-refractivity contribution in [3.8, 4) is 0 Å². The van der Waals surface area contributed by atoms with E-state index in [4.69, 9.17) is 5.73 Å². The number of rotatable bonds is 6. The number of carbonyl (C=O) groups is 1. The van der Waals surface area contributed by atoms with Crippen molar-refractivity contribution in [2.24, 2.45) is 12.8 Å². The van der Waals surface area contributed by atoms with Gasteiger partial charge in [-0.05, 0) is 24.9 Å². The second-order valence-corrected chi connectivity index (χ2v) is 7.16. The van der Waals surface area contributed by atoms with Gasteiger partial charge in [0, 0.05) is 25.3 Å². The molecule has 2 aromatic rings. The first-order valence-corrected chi connectivity index (χ1v) is 9.18. The number of likely N-dealkylation sites (tertiary alicyclic amines) is 1. The molecule has 128 valence electrons. The number of thioether (sulfide) groups is 1. The Kier molecular flexibility index (Phi) is 5.52. The van der Waals surface area contributed by atoms with E-state index in [0.717, 1.165) is 42.7 Å². The predicted octanol–water partition coefficient (Wildman–Crippen LogP) is 1.77. The molecule has 3 rings (SSSR count). The van der Waals surface area contributed by atoms with Gasteiger partial charge in [-0.3, -0.25) is 9.69 Å². The fourth-order valence-corrected chi connectivity index (χ4v) is 4.03. The first-order valence-electron chi connectivity index (χ1n) is 8.20. The second kappa shape index (κ2) is 7.81. The molecule has 24 heavy (non-hydrogen) atoms. The molecule has 1 aromatic carbocycles. The van der Waals surface area contributed by atoms with Gasteiger partial charge in [0.05, 0.1) is 6.54 Å². The third-order valence-electron chi connectivity index (χ3n) is 4.33. The lowest BCUT2D eigenvalue weighted by Crippen LogP contribution is -2.40. The largest absolute Gasteiger partial charge is 0.369 e. The third kappa shape index (κ3) is 4.15. The van der Waals surface area contributed by atoms with Gasteiger partial charge in [0.25, 0.3) is 0 Å². The van der Waals surface area contributed by atoms with Crippen LogP contribution in [-0.4, -0.2) is 45.2 Å². The van der Waals surface area contributed by atoms with E-state index in [2.05, 4.69) is 31.8 Å². The molecule has 1 aliphatic heterocycles. The Hall–Kier alpha value is -1.86. The van der Waals surface area contributed by atoms with Crippen molar-refractivity contribution in [3.05, 3.63) is 41.7 Å². The van der Waals surface area contributed by atoms with E-state index in [9.17, 15) is 4.79 Å². The van der Waals surface area contributed by atoms with Crippen molar-refractivity contribution in [1.82, 2.24) is 19.7 Å². The average molecular weight is 345 g/mol. The summed E-state index contributed by atoms with van der Waals surface area (Å²) in [6, 6.07) is 10.4. The highest BCUT2D eigenvalue weighted by Gasteiger charge is 2.26. The fraction of sp³-hybridized carbons (Fsp3) is 0.471. The second-order valence-electron chi connectivity index (χ2n) is 6.21. The molecule has 0 radical (unpaired) electrons. The van der Waals surface area contributed by atoms with Crippen molar-refractivity contribution in [3.63, 3.8) is 0 Å². The van der Waals surface area contributed by atoms with Crippen LogP contribution in [0.5, 0.6) is 0 Å². The summed E-state index contributed by atoms with van der Waals surface area (Å²) in [7, 11) is 2.02. The first-order chi connectivity index (χ1) is 11.6. The lowest BCUT2D eigenvalue weighted by Gasteiger charge is -2.31. The molecule has 1 amide bonds. The molecule has 2 heterocycles. The highest BCUT2D eigenvalue weighted by molar-refractivity contribution is 7.98. The van der Waals surface area contributed by atoms with Gasteiger partial charge in [-0.2, -0.15) is 0 Å². The van der Waals surface area contributed by atoms with Crippen molar-refractivity contribution < 1.29 is 4.79 Å². The van der Waals surface area contributed by atoms with Gasteiger partial charge in [-0.15, -0.1) is 10.2 Å². The van der Waals surface area contributed by atoms with E-state index in [1.807, 2.05) is 25.2 Å². The Labute approximate surface area is 146 Å². The molecule has 0 aliphatic carbocycles. The maximum atomic E-state index is 11.1. The molecule has 1 aromatic heterocycles. The molecule has 1 atom stereocenters. The van der Waals surface area contributed by atoms with Gasteiger partial charge >= 0.3 is 0 Å². The number of amides is 1. The van der Waals surface area contributed by atoms with E-state index in [0.29, 0.717) is 12.5 Å². The van der Waals surface area contributed by atoms with Crippen molar-refractivity contribution in [2.45, 2.75) is 29.7 Å². The SMILES string of the molecule is Cn1c(SCc2ccccc2)nnc1[C@@H]1CCCN(CC(N)=O)C1. The summed E-state index contributed by atoms with van der Waals surface area (Å²) in [5.41, 5.74) is 6.59. The third-order valence-corrected chi connectivity index (χ3v) is 5.42. The van der Waals surface area contributed by atoms with E-state index in [1.165, 1.54) is 5.56 Å². The van der Waals surface area contributed by atoms with Gasteiger partial charge in [-0.1, -0.05) is 42.1 Å². The minimum absolute atomic E-state index is 0.271. The zero-order chi connectivity index (χ0) is 16.9. The number of benzene rings is 1. The first kappa shape index (κ1) is 17.0. The van der Waals surface area contributed by atoms with E-state index >= 15 is 0 Å². The molecule has 7 heteroatoms. The number of nitrogens with zero attached hydrogens (tertiary/aromatic N) is 4. The number of hydrogen-bond acceptors (Lipinski definition) is 5. The monoisotopic (exact) mass is 345 g/mol. The maximum absolute atomic E-state index is 11.1. The molecule has 2 N–H and O–H groups in total. The van der Waals surface area contributed by atoms with Crippen LogP contribution in [0, 0.1) is 0 Å². The quantitative estimate of drug-likeness (QED) is 0.808. The zero-order valence-electron chi connectivity index (χ0n) is 13.9. The summed E-state index contributed by atoms with van der Waals surface area (Å²) in [5.74, 6) is 1.92. The molecular weight excluding hydrogens is 322 g/mol. The van der Waals surface area contributed by atoms with Gasteiger partial charge in [-0.25, -0.2) is 0 Å². The molecule has 1 fully saturated rings. The van der Waals surface area contributed by atoms with Crippen LogP contribution in [0.3, 0.4) is 0 Å². The van der Waals surface area contributed by atoms with E-state index < -0.39 is 0 Å². The minimum atomic E-state index is -0.271. The number of primary amides is 1. The lowest BCUT2D eigenvalue weighted by molar-refractivity contribution is -0.119. The highest BCUT2D eigenvalue weighted by Crippen LogP contribution is 2.28. The minimum Gasteiger partial charge on any atom is -0.369 e. The van der Waals surface area contributed by atoms with Crippen LogP contribution in [0.4, 0.5) is 0 Å². The predicted molar refractivity (Wildman–Crippen MR) is 94.6 cm³/mol. The van der Waals surface area contributed by atoms with Crippen LogP contribution in [0.25, 0.3) is 0 Å². The summed E-state index contributed by atoms with van der Waals surface area (Å²) >= 11 is 1.70. The number of piperidine rings is 1. The van der Waals surface area contributed by atoms with Gasteiger partial charge in [0.2, 0.25) is 5.91 Å². The van der Waals surface area contributed by atoms with Crippen molar-refractivity contribution in [1.29, 1.82) is 0 Å². The Balaban J connectivity index is 1.64. The Bertz CT molecular complexity index is 688. The van der Waals surface area contributed by atoms with Crippen LogP contribution in [-0.2, 0) is 17.6 Å². The molecule has 6 nitrogen and oxygen atoms in total. The maximum Gasteiger partial charge on any atom is 0.231 e. The molecular formula is C17H23N5OS. The van der Waals surface area contributed by atoms with Gasteiger partial charge < -0.3 is 10.3 Å². The normalized spacial score (nSPS) is 18.6. The Morgan fingerprint density at radius 1 is 1.33 bits per heavy atom. The van der Waals surface area contributed by atoms with Crippen molar-refractivity contribution in [2.75, 3.05) is 19.6 Å². The smallest absolute Gasteiger partial charge is 0.231 e. The summed E-state index contributed by atoms with van der Waals surface area (Å²) in [6.45, 7) is 2.06. The zero-order valence-corrected chi connectivity index (χ0v) is 14.7. The average Bonchev–Trinajstić information content (AvgIpc) is 2.94. The number of carbonyl (C=O) groups excluding carboxylic acids is 1. The highest BCUT2D eigenvalue weighted by atomic mass is 32.2. The lowest BCUT2D eigenvalue weighted by atomic mass is 9.97. The van der Waals surface area contributed by atoms with Gasteiger partial charge in [0.15, 0.2) is 5.16 Å². The topological polar surface area (TPSA) is 77.0 Å². The molecule has 0 spiro atoms. The van der Waals surface area contributed by atoms with Crippen LogP contribution < -0.4 is 5.73 Å². The van der Waals surface area contributed by atoms with Crippen molar-refractivity contribution >= 4 is 17.7 Å². The summed E-state index contributed by atoms with van der Waals surface area (Å²) in [5, 5.41) is 9.70. The summed E-state index contributed by atoms with van der Waals surface area (Å²) < 4.78 is 2.09. The van der Waals surface area contributed by atoms with Crippen LogP contribution in [0.1, 0.15) is 30.1 Å². The Morgan fingerprint density at radius 2 is 2.12 bits per heavy atom. The fourth-order valence-electron chi connectivity index (χ4n) is 3.16. The van der Waals surface area contributed by atoms with E-state index in [-0.39, 0.29) is 5.91 Å². The summed E-state index contributed by atoms with van der Waals surface area (Å²) in [6.07, 6.45) is 2.13. The standard InChI is InChI=1S/C17H23N5OS/c1-21-16(14-8-5-9-22(10-14)11-15(18)23)19-20-17(21)24-12-13-6-3-2-4-7-13/h2-4,6-7,14H,5,8-12H2,1H3,(H2,18,23)/t14-/m1/s1. The Morgan fingerprint density at radius 3 is 2.88 bits per heavy atom. The molecule has 0 bridgehead atoms. The van der Waals surface area contributed by atoms with Crippen LogP contribution >= 0.6 is 11.8 Å². The number of nitrogens with two attached hydrogens (primary N) is 1. The number of hydrogen-bond donors (Lipinski definition) is 1. The molecule has 0 unspecified atom stereocenters. The van der Waals surface area contributed by atoms with E-state index in [1.54, 1.807) is 11.8 Å². The van der Waals surface area contributed by atoms with Crippen LogP contribution in [0.2, 0.25) is 0 Å². The summed E-state index contributed by atoms with van der Waals surface area (Å²) in [4.78, 5) is 13.3. The van der Waals surface area contributed by atoms with Gasteiger partial charge in [0.1, 0.15) is 5.82 Å². The van der Waals surface area contributed by atoms with Crippen LogP contribution in [0.15, 0.2) is 35.5 Å².